The monoisotopic (exact) mass is 566 g/mol. The van der Waals surface area contributed by atoms with Crippen LogP contribution in [0.1, 0.15) is 27.7 Å². The molecule has 0 fully saturated rings. The van der Waals surface area contributed by atoms with Gasteiger partial charge < -0.3 is 10.6 Å². The third kappa shape index (κ3) is 5.48. The summed E-state index contributed by atoms with van der Waals surface area (Å²) in [4.78, 5) is 4.92. The highest BCUT2D eigenvalue weighted by atomic mass is 32.1. The van der Waals surface area contributed by atoms with Crippen molar-refractivity contribution in [3.05, 3.63) is 84.9 Å². The van der Waals surface area contributed by atoms with E-state index < -0.39 is 0 Å². The number of fused-ring (bicyclic) bond motifs is 1. The standard InChI is InChI=1S/C32H30N4S3/c1-19(2)33-23-9-5-21(6-10-23)27-15-17-29(37-27)25-13-14-26(32-31(25)35-39-36-32)30-18-16-28(38-30)22-7-11-24(12-8-22)34-20(3)4/h5-20,33-34H,1-4H3. The van der Waals surface area contributed by atoms with Gasteiger partial charge in [-0.25, -0.2) is 0 Å². The Balaban J connectivity index is 1.27. The van der Waals surface area contributed by atoms with Gasteiger partial charge in [0.2, 0.25) is 0 Å². The molecule has 0 atom stereocenters. The second kappa shape index (κ2) is 10.9. The van der Waals surface area contributed by atoms with Crippen molar-refractivity contribution in [2.75, 3.05) is 10.6 Å². The Hall–Kier alpha value is -3.52. The fourth-order valence-corrected chi connectivity index (χ4v) is 7.32. The van der Waals surface area contributed by atoms with Crippen molar-refractivity contribution in [2.24, 2.45) is 0 Å². The SMILES string of the molecule is CC(C)Nc1ccc(-c2ccc(-c3ccc(-c4ccc(-c5ccc(NC(C)C)cc5)s4)c4nsnc34)s2)cc1. The van der Waals surface area contributed by atoms with Gasteiger partial charge in [0.1, 0.15) is 11.0 Å². The summed E-state index contributed by atoms with van der Waals surface area (Å²) in [6.07, 6.45) is 0. The topological polar surface area (TPSA) is 49.8 Å². The van der Waals surface area contributed by atoms with E-state index in [1.807, 2.05) is 0 Å². The Bertz CT molecular complexity index is 1580. The molecule has 0 saturated carbocycles. The van der Waals surface area contributed by atoms with Gasteiger partial charge in [0.15, 0.2) is 0 Å². The zero-order valence-corrected chi connectivity index (χ0v) is 24.8. The Morgan fingerprint density at radius 3 is 1.26 bits per heavy atom. The minimum absolute atomic E-state index is 0.417. The van der Waals surface area contributed by atoms with Crippen LogP contribution in [-0.2, 0) is 0 Å². The number of nitrogens with one attached hydrogen (secondary N) is 2. The maximum Gasteiger partial charge on any atom is 0.114 e. The van der Waals surface area contributed by atoms with Crippen LogP contribution < -0.4 is 10.6 Å². The molecule has 0 unspecified atom stereocenters. The average molecular weight is 567 g/mol. The fourth-order valence-electron chi connectivity index (χ4n) is 4.67. The molecule has 0 aliphatic heterocycles. The number of thiophene rings is 2. The first-order valence-corrected chi connectivity index (χ1v) is 15.5. The van der Waals surface area contributed by atoms with E-state index in [-0.39, 0.29) is 0 Å². The number of rotatable bonds is 8. The maximum atomic E-state index is 4.73. The highest BCUT2D eigenvalue weighted by Crippen LogP contribution is 2.42. The van der Waals surface area contributed by atoms with Crippen LogP contribution in [0.3, 0.4) is 0 Å². The molecule has 0 saturated heterocycles. The summed E-state index contributed by atoms with van der Waals surface area (Å²) in [5, 5.41) is 6.91. The zero-order chi connectivity index (χ0) is 26.9. The molecule has 2 N–H and O–H groups in total. The summed E-state index contributed by atoms with van der Waals surface area (Å²) >= 11 is 4.88. The van der Waals surface area contributed by atoms with Gasteiger partial charge in [-0.2, -0.15) is 8.75 Å². The summed E-state index contributed by atoms with van der Waals surface area (Å²) in [5.74, 6) is 0. The van der Waals surface area contributed by atoms with E-state index in [2.05, 4.69) is 123 Å². The Morgan fingerprint density at radius 1 is 0.487 bits per heavy atom. The molecule has 7 heteroatoms. The summed E-state index contributed by atoms with van der Waals surface area (Å²) in [7, 11) is 0. The molecule has 3 aromatic heterocycles. The first-order chi connectivity index (χ1) is 18.9. The van der Waals surface area contributed by atoms with Crippen LogP contribution in [0, 0.1) is 0 Å². The maximum absolute atomic E-state index is 4.73. The van der Waals surface area contributed by atoms with E-state index in [1.54, 1.807) is 22.7 Å². The second-order valence-corrected chi connectivity index (χ2v) is 12.9. The van der Waals surface area contributed by atoms with Gasteiger partial charge in [-0.05, 0) is 87.4 Å². The largest absolute Gasteiger partial charge is 0.383 e. The fraction of sp³-hybridized carbons (Fsp3) is 0.188. The second-order valence-electron chi connectivity index (χ2n) is 10.2. The van der Waals surface area contributed by atoms with Crippen molar-refractivity contribution >= 4 is 56.8 Å². The number of hydrogen-bond donors (Lipinski definition) is 2. The summed E-state index contributed by atoms with van der Waals surface area (Å²) in [5.41, 5.74) is 8.97. The van der Waals surface area contributed by atoms with Crippen LogP contribution in [-0.4, -0.2) is 20.8 Å². The Labute approximate surface area is 241 Å². The molecule has 39 heavy (non-hydrogen) atoms. The molecule has 0 bridgehead atoms. The third-order valence-corrected chi connectivity index (χ3v) is 9.27. The van der Waals surface area contributed by atoms with Crippen molar-refractivity contribution in [1.82, 2.24) is 8.75 Å². The molecular formula is C32H30N4S3. The average Bonchev–Trinajstić information content (AvgIpc) is 3.70. The molecular weight excluding hydrogens is 537 g/mol. The third-order valence-electron chi connectivity index (χ3n) is 6.41. The van der Waals surface area contributed by atoms with Crippen LogP contribution in [0.25, 0.3) is 52.8 Å². The van der Waals surface area contributed by atoms with Gasteiger partial charge in [0.05, 0.1) is 11.7 Å². The van der Waals surface area contributed by atoms with E-state index in [0.29, 0.717) is 12.1 Å². The van der Waals surface area contributed by atoms with E-state index in [1.165, 1.54) is 42.4 Å². The molecule has 4 nitrogen and oxygen atoms in total. The van der Waals surface area contributed by atoms with Gasteiger partial charge in [-0.1, -0.05) is 36.4 Å². The van der Waals surface area contributed by atoms with Crippen LogP contribution in [0.5, 0.6) is 0 Å². The van der Waals surface area contributed by atoms with E-state index in [4.69, 9.17) is 8.75 Å². The molecule has 0 aliphatic rings. The minimum atomic E-state index is 0.417. The Morgan fingerprint density at radius 2 is 0.872 bits per heavy atom. The highest BCUT2D eigenvalue weighted by Gasteiger charge is 2.17. The molecule has 0 radical (unpaired) electrons. The van der Waals surface area contributed by atoms with Crippen molar-refractivity contribution < 1.29 is 0 Å². The molecule has 6 aromatic rings. The molecule has 0 amide bonds. The van der Waals surface area contributed by atoms with E-state index >= 15 is 0 Å². The summed E-state index contributed by atoms with van der Waals surface area (Å²) < 4.78 is 9.45. The van der Waals surface area contributed by atoms with Crippen LogP contribution >= 0.6 is 34.4 Å². The lowest BCUT2D eigenvalue weighted by Crippen LogP contribution is -2.09. The zero-order valence-electron chi connectivity index (χ0n) is 22.4. The molecule has 0 spiro atoms. The number of aromatic nitrogens is 2. The van der Waals surface area contributed by atoms with E-state index in [9.17, 15) is 0 Å². The van der Waals surface area contributed by atoms with Crippen molar-refractivity contribution in [2.45, 2.75) is 39.8 Å². The summed E-state index contributed by atoms with van der Waals surface area (Å²) in [6, 6.07) is 31.4. The normalized spacial score (nSPS) is 11.5. The number of nitrogens with zero attached hydrogens (tertiary/aromatic N) is 2. The quantitative estimate of drug-likeness (QED) is 0.192. The molecule has 196 valence electrons. The predicted molar refractivity (Wildman–Crippen MR) is 172 cm³/mol. The summed E-state index contributed by atoms with van der Waals surface area (Å²) in [6.45, 7) is 8.61. The molecule has 6 rings (SSSR count). The van der Waals surface area contributed by atoms with Crippen molar-refractivity contribution in [1.29, 1.82) is 0 Å². The van der Waals surface area contributed by atoms with Gasteiger partial charge in [-0.3, -0.25) is 0 Å². The number of benzene rings is 3. The van der Waals surface area contributed by atoms with Gasteiger partial charge in [0, 0.05) is 54.1 Å². The van der Waals surface area contributed by atoms with Crippen LogP contribution in [0.2, 0.25) is 0 Å². The minimum Gasteiger partial charge on any atom is -0.383 e. The lowest BCUT2D eigenvalue weighted by molar-refractivity contribution is 0.899. The lowest BCUT2D eigenvalue weighted by Gasteiger charge is -2.10. The van der Waals surface area contributed by atoms with E-state index in [0.717, 1.165) is 33.5 Å². The molecule has 0 aliphatic carbocycles. The predicted octanol–water partition coefficient (Wildman–Crippen LogP) is 10.1. The van der Waals surface area contributed by atoms with Gasteiger partial charge in [0.25, 0.3) is 0 Å². The van der Waals surface area contributed by atoms with Crippen LogP contribution in [0.15, 0.2) is 84.9 Å². The smallest absolute Gasteiger partial charge is 0.114 e. The molecule has 3 heterocycles. The van der Waals surface area contributed by atoms with Crippen molar-refractivity contribution in [3.63, 3.8) is 0 Å². The van der Waals surface area contributed by atoms with Gasteiger partial charge >= 0.3 is 0 Å². The van der Waals surface area contributed by atoms with Crippen molar-refractivity contribution in [3.8, 4) is 41.8 Å². The lowest BCUT2D eigenvalue weighted by atomic mass is 10.1. The number of hydrogen-bond acceptors (Lipinski definition) is 7. The van der Waals surface area contributed by atoms with Crippen LogP contribution in [0.4, 0.5) is 11.4 Å². The highest BCUT2D eigenvalue weighted by molar-refractivity contribution is 7.19. The number of anilines is 2. The first kappa shape index (κ1) is 25.7. The Kier molecular flexibility index (Phi) is 7.21. The first-order valence-electron chi connectivity index (χ1n) is 13.1. The van der Waals surface area contributed by atoms with Gasteiger partial charge in [-0.15, -0.1) is 22.7 Å². The molecule has 3 aromatic carbocycles.